The van der Waals surface area contributed by atoms with Crippen molar-refractivity contribution in [2.24, 2.45) is 0 Å². The molecule has 1 heterocycles. The summed E-state index contributed by atoms with van der Waals surface area (Å²) in [5.74, 6) is 0.877. The number of benzene rings is 2. The Kier molecular flexibility index (Phi) is 7.38. The highest BCUT2D eigenvalue weighted by Gasteiger charge is 2.01. The molecule has 0 bridgehead atoms. The molecule has 2 aromatic carbocycles. The van der Waals surface area contributed by atoms with Gasteiger partial charge in [0.15, 0.2) is 5.11 Å². The average molecular weight is 392 g/mol. The van der Waals surface area contributed by atoms with E-state index in [1.54, 1.807) is 0 Å². The van der Waals surface area contributed by atoms with Crippen LogP contribution in [0.1, 0.15) is 30.9 Å². The number of nitrogens with one attached hydrogen (secondary N) is 2. The molecule has 28 heavy (non-hydrogen) atoms. The number of hydrogen-bond donors (Lipinski definition) is 2. The van der Waals surface area contributed by atoms with Gasteiger partial charge in [-0.3, -0.25) is 4.98 Å². The van der Waals surface area contributed by atoms with Gasteiger partial charge < -0.3 is 15.4 Å². The second kappa shape index (κ2) is 10.4. The second-order valence-electron chi connectivity index (χ2n) is 6.53. The Morgan fingerprint density at radius 1 is 0.857 bits per heavy atom. The number of aromatic nitrogens is 1. The van der Waals surface area contributed by atoms with Gasteiger partial charge in [-0.2, -0.15) is 0 Å². The summed E-state index contributed by atoms with van der Waals surface area (Å²) in [5.41, 5.74) is 4.37. The zero-order chi connectivity index (χ0) is 19.6. The second-order valence-corrected chi connectivity index (χ2v) is 6.94. The van der Waals surface area contributed by atoms with Crippen molar-refractivity contribution < 1.29 is 4.74 Å². The van der Waals surface area contributed by atoms with Gasteiger partial charge in [-0.25, -0.2) is 0 Å². The molecule has 3 aromatic rings. The molecular weight excluding hydrogens is 366 g/mol. The lowest BCUT2D eigenvalue weighted by molar-refractivity contribution is 0.309. The quantitative estimate of drug-likeness (QED) is 0.383. The van der Waals surface area contributed by atoms with Gasteiger partial charge in [0.2, 0.25) is 0 Å². The fourth-order valence-corrected chi connectivity index (χ4v) is 2.94. The molecule has 0 radical (unpaired) electrons. The van der Waals surface area contributed by atoms with Crippen LogP contribution in [0.15, 0.2) is 73.1 Å². The predicted molar refractivity (Wildman–Crippen MR) is 120 cm³/mol. The average Bonchev–Trinajstić information content (AvgIpc) is 2.72. The minimum atomic E-state index is 0.557. The van der Waals surface area contributed by atoms with E-state index in [9.17, 15) is 0 Å². The van der Waals surface area contributed by atoms with E-state index in [4.69, 9.17) is 17.0 Å². The van der Waals surface area contributed by atoms with Gasteiger partial charge in [-0.15, -0.1) is 0 Å². The maximum atomic E-state index is 5.68. The summed E-state index contributed by atoms with van der Waals surface area (Å²) in [6, 6.07) is 20.2. The van der Waals surface area contributed by atoms with E-state index in [1.807, 2.05) is 60.9 Å². The molecule has 0 spiro atoms. The Balaban J connectivity index is 1.49. The van der Waals surface area contributed by atoms with Crippen LogP contribution in [-0.4, -0.2) is 16.7 Å². The molecule has 3 rings (SSSR count). The van der Waals surface area contributed by atoms with Crippen LogP contribution in [0.25, 0.3) is 0 Å². The summed E-state index contributed by atoms with van der Waals surface area (Å²) < 4.78 is 5.68. The summed E-state index contributed by atoms with van der Waals surface area (Å²) in [6.07, 6.45) is 6.72. The van der Waals surface area contributed by atoms with Crippen LogP contribution in [-0.2, 0) is 6.42 Å². The minimum absolute atomic E-state index is 0.557. The molecule has 0 aliphatic heterocycles. The summed E-state index contributed by atoms with van der Waals surface area (Å²) >= 11 is 5.41. The maximum absolute atomic E-state index is 5.68. The van der Waals surface area contributed by atoms with Crippen LogP contribution in [0.5, 0.6) is 5.75 Å². The van der Waals surface area contributed by atoms with E-state index in [1.165, 1.54) is 11.1 Å². The summed E-state index contributed by atoms with van der Waals surface area (Å²) in [4.78, 5) is 4.05. The first-order valence-electron chi connectivity index (χ1n) is 9.51. The highest BCUT2D eigenvalue weighted by Crippen LogP contribution is 2.17. The van der Waals surface area contributed by atoms with Crippen molar-refractivity contribution in [3.05, 3.63) is 84.2 Å². The van der Waals surface area contributed by atoms with Crippen LogP contribution in [0, 0.1) is 0 Å². The summed E-state index contributed by atoms with van der Waals surface area (Å²) in [7, 11) is 0. The normalized spacial score (nSPS) is 10.3. The van der Waals surface area contributed by atoms with E-state index in [0.717, 1.165) is 43.0 Å². The van der Waals surface area contributed by atoms with E-state index >= 15 is 0 Å². The highest BCUT2D eigenvalue weighted by molar-refractivity contribution is 7.80. The van der Waals surface area contributed by atoms with E-state index < -0.39 is 0 Å². The lowest BCUT2D eigenvalue weighted by atomic mass is 10.1. The Morgan fingerprint density at radius 3 is 2.04 bits per heavy atom. The molecule has 144 valence electrons. The molecule has 4 nitrogen and oxygen atoms in total. The van der Waals surface area contributed by atoms with E-state index in [0.29, 0.717) is 5.11 Å². The number of nitrogens with zero attached hydrogens (tertiary/aromatic N) is 1. The van der Waals surface area contributed by atoms with Crippen molar-refractivity contribution in [3.63, 3.8) is 0 Å². The predicted octanol–water partition coefficient (Wildman–Crippen LogP) is 5.66. The van der Waals surface area contributed by atoms with Crippen molar-refractivity contribution in [3.8, 4) is 5.75 Å². The molecule has 0 aliphatic rings. The summed E-state index contributed by atoms with van der Waals surface area (Å²) in [5, 5.41) is 6.97. The molecule has 0 aliphatic carbocycles. The maximum Gasteiger partial charge on any atom is 0.175 e. The van der Waals surface area contributed by atoms with Crippen LogP contribution < -0.4 is 15.4 Å². The van der Waals surface area contributed by atoms with E-state index in [-0.39, 0.29) is 0 Å². The number of ether oxygens (including phenoxy) is 1. The SMILES string of the molecule is CCCCOc1ccc(NC(=S)Nc2ccc(Cc3ccncc3)cc2)cc1. The van der Waals surface area contributed by atoms with Crippen LogP contribution in [0.3, 0.4) is 0 Å². The summed E-state index contributed by atoms with van der Waals surface area (Å²) in [6.45, 7) is 2.90. The first-order valence-corrected chi connectivity index (χ1v) is 9.92. The molecule has 0 unspecified atom stereocenters. The molecule has 5 heteroatoms. The fraction of sp³-hybridized carbons (Fsp3) is 0.217. The number of thiocarbonyl (C=S) groups is 1. The molecule has 1 aromatic heterocycles. The molecule has 0 fully saturated rings. The Hall–Kier alpha value is -2.92. The molecular formula is C23H25N3OS. The topological polar surface area (TPSA) is 46.2 Å². The third-order valence-electron chi connectivity index (χ3n) is 4.25. The van der Waals surface area contributed by atoms with Crippen molar-refractivity contribution in [2.45, 2.75) is 26.2 Å². The third-order valence-corrected chi connectivity index (χ3v) is 4.45. The molecule has 0 saturated heterocycles. The smallest absolute Gasteiger partial charge is 0.175 e. The first-order chi connectivity index (χ1) is 13.7. The molecule has 0 amide bonds. The van der Waals surface area contributed by atoms with Crippen molar-refractivity contribution in [2.75, 3.05) is 17.2 Å². The van der Waals surface area contributed by atoms with Gasteiger partial charge in [0, 0.05) is 23.8 Å². The van der Waals surface area contributed by atoms with Gasteiger partial charge in [-0.05, 0) is 84.7 Å². The van der Waals surface area contributed by atoms with Crippen LogP contribution >= 0.6 is 12.2 Å². The molecule has 0 atom stereocenters. The number of hydrogen-bond acceptors (Lipinski definition) is 3. The largest absolute Gasteiger partial charge is 0.494 e. The Bertz CT molecular complexity index is 865. The number of pyridine rings is 1. The monoisotopic (exact) mass is 391 g/mol. The standard InChI is InChI=1S/C23H25N3OS/c1-2-3-16-27-22-10-8-21(9-11-22)26-23(28)25-20-6-4-18(5-7-20)17-19-12-14-24-15-13-19/h4-15H,2-3,16-17H2,1H3,(H2,25,26,28). The Morgan fingerprint density at radius 2 is 1.43 bits per heavy atom. The van der Waals surface area contributed by atoms with Crippen molar-refractivity contribution >= 4 is 28.7 Å². The van der Waals surface area contributed by atoms with Gasteiger partial charge in [-0.1, -0.05) is 25.5 Å². The number of rotatable bonds is 8. The number of anilines is 2. The third kappa shape index (κ3) is 6.35. The fourth-order valence-electron chi connectivity index (χ4n) is 2.70. The molecule has 0 saturated carbocycles. The van der Waals surface area contributed by atoms with E-state index in [2.05, 4.69) is 34.7 Å². The Labute approximate surface area is 172 Å². The van der Waals surface area contributed by atoms with Crippen molar-refractivity contribution in [1.29, 1.82) is 0 Å². The van der Waals surface area contributed by atoms with Gasteiger partial charge in [0.1, 0.15) is 5.75 Å². The lowest BCUT2D eigenvalue weighted by Crippen LogP contribution is -2.18. The van der Waals surface area contributed by atoms with Crippen molar-refractivity contribution in [1.82, 2.24) is 4.98 Å². The zero-order valence-electron chi connectivity index (χ0n) is 16.0. The van der Waals surface area contributed by atoms with Gasteiger partial charge >= 0.3 is 0 Å². The van der Waals surface area contributed by atoms with Crippen LogP contribution in [0.2, 0.25) is 0 Å². The minimum Gasteiger partial charge on any atom is -0.494 e. The highest BCUT2D eigenvalue weighted by atomic mass is 32.1. The zero-order valence-corrected chi connectivity index (χ0v) is 16.8. The molecule has 2 N–H and O–H groups in total. The van der Waals surface area contributed by atoms with Gasteiger partial charge in [0.05, 0.1) is 6.61 Å². The van der Waals surface area contributed by atoms with Crippen LogP contribution in [0.4, 0.5) is 11.4 Å². The first kappa shape index (κ1) is 19.8. The van der Waals surface area contributed by atoms with Gasteiger partial charge in [0.25, 0.3) is 0 Å². The number of unbranched alkanes of at least 4 members (excludes halogenated alkanes) is 1. The lowest BCUT2D eigenvalue weighted by Gasteiger charge is -2.12.